The number of nitrogens with one attached hydrogen (secondary N) is 1. The highest BCUT2D eigenvalue weighted by Gasteiger charge is 2.17. The summed E-state index contributed by atoms with van der Waals surface area (Å²) in [6, 6.07) is 12.7. The molecule has 0 saturated carbocycles. The lowest BCUT2D eigenvalue weighted by atomic mass is 10.0. The first kappa shape index (κ1) is 17.4. The van der Waals surface area contributed by atoms with Gasteiger partial charge in [0.2, 0.25) is 10.0 Å². The second-order valence-corrected chi connectivity index (χ2v) is 8.25. The zero-order chi connectivity index (χ0) is 18.0. The van der Waals surface area contributed by atoms with Crippen LogP contribution in [0.15, 0.2) is 47.4 Å². The molecule has 1 aliphatic heterocycles. The monoisotopic (exact) mass is 360 g/mol. The average molecular weight is 360 g/mol. The van der Waals surface area contributed by atoms with Gasteiger partial charge < -0.3 is 10.1 Å². The lowest BCUT2D eigenvalue weighted by Crippen LogP contribution is -2.25. The summed E-state index contributed by atoms with van der Waals surface area (Å²) in [5.41, 5.74) is 2.83. The minimum atomic E-state index is -3.40. The summed E-state index contributed by atoms with van der Waals surface area (Å²) in [7, 11) is -0.366. The van der Waals surface area contributed by atoms with E-state index < -0.39 is 10.0 Å². The first-order valence-electron chi connectivity index (χ1n) is 7.93. The number of carbonyl (C=O) groups is 1. The number of benzene rings is 2. The Morgan fingerprint density at radius 2 is 1.68 bits per heavy atom. The van der Waals surface area contributed by atoms with Gasteiger partial charge in [-0.2, -0.15) is 0 Å². The van der Waals surface area contributed by atoms with Crippen LogP contribution in [0, 0.1) is 0 Å². The molecule has 1 amide bonds. The Morgan fingerprint density at radius 1 is 1.04 bits per heavy atom. The summed E-state index contributed by atoms with van der Waals surface area (Å²) >= 11 is 0. The van der Waals surface area contributed by atoms with Gasteiger partial charge in [0.15, 0.2) is 6.61 Å². The van der Waals surface area contributed by atoms with Crippen molar-refractivity contribution in [2.45, 2.75) is 17.7 Å². The third-order valence-corrected chi connectivity index (χ3v) is 5.91. The molecule has 0 fully saturated rings. The first-order valence-corrected chi connectivity index (χ1v) is 9.37. The molecular weight excluding hydrogens is 340 g/mol. The predicted octanol–water partition coefficient (Wildman–Crippen LogP) is 2.05. The van der Waals surface area contributed by atoms with E-state index in [4.69, 9.17) is 4.74 Å². The largest absolute Gasteiger partial charge is 0.482 e. The van der Waals surface area contributed by atoms with Crippen LogP contribution in [0.2, 0.25) is 0 Å². The third kappa shape index (κ3) is 3.83. The normalized spacial score (nSPS) is 14.0. The first-order chi connectivity index (χ1) is 11.9. The Labute approximate surface area is 147 Å². The Bertz CT molecular complexity index is 890. The van der Waals surface area contributed by atoms with E-state index in [1.54, 1.807) is 12.1 Å². The average Bonchev–Trinajstić information content (AvgIpc) is 2.59. The molecule has 0 atom stereocenters. The van der Waals surface area contributed by atoms with E-state index in [1.807, 2.05) is 30.3 Å². The van der Waals surface area contributed by atoms with Gasteiger partial charge in [0.05, 0.1) is 10.6 Å². The number of ether oxygens (including phenoxy) is 1. The molecule has 2 aromatic carbocycles. The molecule has 0 bridgehead atoms. The summed E-state index contributed by atoms with van der Waals surface area (Å²) in [4.78, 5) is 11.7. The molecule has 25 heavy (non-hydrogen) atoms. The molecule has 0 aromatic heterocycles. The van der Waals surface area contributed by atoms with Crippen molar-refractivity contribution < 1.29 is 17.9 Å². The van der Waals surface area contributed by atoms with Gasteiger partial charge in [-0.15, -0.1) is 0 Å². The molecule has 0 aliphatic carbocycles. The van der Waals surface area contributed by atoms with Gasteiger partial charge in [0.25, 0.3) is 5.91 Å². The molecule has 132 valence electrons. The number of hydrogen-bond acceptors (Lipinski definition) is 4. The Balaban J connectivity index is 1.68. The van der Waals surface area contributed by atoms with E-state index in [1.165, 1.54) is 18.4 Å². The maximum Gasteiger partial charge on any atom is 0.262 e. The van der Waals surface area contributed by atoms with Gasteiger partial charge in [-0.3, -0.25) is 4.79 Å². The fourth-order valence-electron chi connectivity index (χ4n) is 2.61. The second kappa shape index (κ2) is 6.85. The Morgan fingerprint density at radius 3 is 2.36 bits per heavy atom. The van der Waals surface area contributed by atoms with Gasteiger partial charge in [0, 0.05) is 14.1 Å². The number of amides is 1. The fraction of sp³-hybridized carbons (Fsp3) is 0.278. The molecule has 2 aromatic rings. The fourth-order valence-corrected chi connectivity index (χ4v) is 3.52. The maximum absolute atomic E-state index is 12.1. The van der Waals surface area contributed by atoms with Gasteiger partial charge in [-0.25, -0.2) is 12.7 Å². The second-order valence-electron chi connectivity index (χ2n) is 6.10. The number of hydrogen-bond donors (Lipinski definition) is 1. The lowest BCUT2D eigenvalue weighted by Gasteiger charge is -2.18. The number of anilines is 1. The SMILES string of the molecule is CN(C)S(=O)(=O)c1ccc(CCc2ccc3c(c2)NC(=O)CO3)cc1. The van der Waals surface area contributed by atoms with E-state index in [9.17, 15) is 13.2 Å². The quantitative estimate of drug-likeness (QED) is 0.885. The summed E-state index contributed by atoms with van der Waals surface area (Å²) in [6.45, 7) is 0.0502. The summed E-state index contributed by atoms with van der Waals surface area (Å²) in [5.74, 6) is 0.531. The number of sulfonamides is 1. The zero-order valence-corrected chi connectivity index (χ0v) is 15.0. The molecule has 6 nitrogen and oxygen atoms in total. The molecule has 1 aliphatic rings. The topological polar surface area (TPSA) is 75.7 Å². The molecule has 0 spiro atoms. The van der Waals surface area contributed by atoms with Crippen LogP contribution < -0.4 is 10.1 Å². The van der Waals surface area contributed by atoms with E-state index in [2.05, 4.69) is 5.32 Å². The van der Waals surface area contributed by atoms with Crippen LogP contribution in [0.5, 0.6) is 5.75 Å². The standard InChI is InChI=1S/C18H20N2O4S/c1-20(2)25(22,23)15-8-5-13(6-9-15)3-4-14-7-10-17-16(11-14)19-18(21)12-24-17/h5-11H,3-4,12H2,1-2H3,(H,19,21). The van der Waals surface area contributed by atoms with Crippen LogP contribution in [0.3, 0.4) is 0 Å². The van der Waals surface area contributed by atoms with Crippen molar-refractivity contribution in [3.8, 4) is 5.75 Å². The molecular formula is C18H20N2O4S. The van der Waals surface area contributed by atoms with Gasteiger partial charge in [0.1, 0.15) is 5.75 Å². The van der Waals surface area contributed by atoms with Crippen LogP contribution in [0.1, 0.15) is 11.1 Å². The molecule has 1 heterocycles. The van der Waals surface area contributed by atoms with E-state index >= 15 is 0 Å². The molecule has 0 saturated heterocycles. The van der Waals surface area contributed by atoms with E-state index in [0.717, 1.165) is 24.0 Å². The van der Waals surface area contributed by atoms with Crippen LogP contribution in [0.4, 0.5) is 5.69 Å². The van der Waals surface area contributed by atoms with Gasteiger partial charge in [-0.05, 0) is 48.2 Å². The summed E-state index contributed by atoms with van der Waals surface area (Å²) in [5, 5.41) is 2.80. The highest BCUT2D eigenvalue weighted by Crippen LogP contribution is 2.29. The van der Waals surface area contributed by atoms with Crippen LogP contribution in [-0.4, -0.2) is 39.3 Å². The van der Waals surface area contributed by atoms with Gasteiger partial charge >= 0.3 is 0 Å². The zero-order valence-electron chi connectivity index (χ0n) is 14.2. The maximum atomic E-state index is 12.1. The van der Waals surface area contributed by atoms with E-state index in [-0.39, 0.29) is 17.4 Å². The number of rotatable bonds is 5. The Kier molecular flexibility index (Phi) is 4.78. The Hall–Kier alpha value is -2.38. The molecule has 1 N–H and O–H groups in total. The number of aryl methyl sites for hydroxylation is 2. The van der Waals surface area contributed by atoms with Crippen molar-refractivity contribution in [3.63, 3.8) is 0 Å². The van der Waals surface area contributed by atoms with Crippen LogP contribution >= 0.6 is 0 Å². The third-order valence-electron chi connectivity index (χ3n) is 4.08. The van der Waals surface area contributed by atoms with Gasteiger partial charge in [-0.1, -0.05) is 18.2 Å². The molecule has 7 heteroatoms. The smallest absolute Gasteiger partial charge is 0.262 e. The minimum absolute atomic E-state index is 0.0502. The lowest BCUT2D eigenvalue weighted by molar-refractivity contribution is -0.118. The molecule has 0 unspecified atom stereocenters. The highest BCUT2D eigenvalue weighted by molar-refractivity contribution is 7.89. The summed E-state index contributed by atoms with van der Waals surface area (Å²) in [6.07, 6.45) is 1.55. The van der Waals surface area contributed by atoms with Crippen molar-refractivity contribution in [1.29, 1.82) is 0 Å². The van der Waals surface area contributed by atoms with Crippen molar-refractivity contribution in [1.82, 2.24) is 4.31 Å². The van der Waals surface area contributed by atoms with Crippen molar-refractivity contribution in [2.75, 3.05) is 26.0 Å². The van der Waals surface area contributed by atoms with Crippen LogP contribution in [0.25, 0.3) is 0 Å². The van der Waals surface area contributed by atoms with E-state index in [0.29, 0.717) is 11.4 Å². The van der Waals surface area contributed by atoms with Crippen LogP contribution in [-0.2, 0) is 27.7 Å². The summed E-state index contributed by atoms with van der Waals surface area (Å²) < 4.78 is 30.7. The van der Waals surface area contributed by atoms with Crippen molar-refractivity contribution in [2.24, 2.45) is 0 Å². The number of carbonyl (C=O) groups excluding carboxylic acids is 1. The van der Waals surface area contributed by atoms with Crippen molar-refractivity contribution >= 4 is 21.6 Å². The highest BCUT2D eigenvalue weighted by atomic mass is 32.2. The van der Waals surface area contributed by atoms with Crippen molar-refractivity contribution in [3.05, 3.63) is 53.6 Å². The predicted molar refractivity (Wildman–Crippen MR) is 95.3 cm³/mol. The molecule has 3 rings (SSSR count). The minimum Gasteiger partial charge on any atom is -0.482 e. The molecule has 0 radical (unpaired) electrons. The number of nitrogens with zero attached hydrogens (tertiary/aromatic N) is 1. The number of fused-ring (bicyclic) bond motifs is 1.